The average Bonchev–Trinajstić information content (AvgIpc) is 3.51. The van der Waals surface area contributed by atoms with Gasteiger partial charge in [-0.25, -0.2) is 4.79 Å². The van der Waals surface area contributed by atoms with Gasteiger partial charge in [-0.2, -0.15) is 5.10 Å². The Morgan fingerprint density at radius 2 is 1.72 bits per heavy atom. The summed E-state index contributed by atoms with van der Waals surface area (Å²) >= 11 is 0. The number of nitrogens with one attached hydrogen (secondary N) is 2. The van der Waals surface area contributed by atoms with Gasteiger partial charge in [0.2, 0.25) is 0 Å². The number of rotatable bonds is 8. The third-order valence-electron chi connectivity index (χ3n) is 5.76. The Hall–Kier alpha value is -3.55. The number of nitrogens with zero attached hydrogens (tertiary/aromatic N) is 3. The summed E-state index contributed by atoms with van der Waals surface area (Å²) in [5, 5.41) is 10.6. The second-order valence-electron chi connectivity index (χ2n) is 7.87. The van der Waals surface area contributed by atoms with Crippen LogP contribution in [0.5, 0.6) is 11.5 Å². The Morgan fingerprint density at radius 1 is 1.00 bits per heavy atom. The maximum absolute atomic E-state index is 12.4. The van der Waals surface area contributed by atoms with Crippen molar-refractivity contribution in [1.29, 1.82) is 0 Å². The van der Waals surface area contributed by atoms with Crippen molar-refractivity contribution in [2.45, 2.75) is 44.8 Å². The van der Waals surface area contributed by atoms with Crippen molar-refractivity contribution in [3.05, 3.63) is 60.0 Å². The van der Waals surface area contributed by atoms with Crippen LogP contribution in [0.1, 0.15) is 43.0 Å². The minimum Gasteiger partial charge on any atom is -0.493 e. The largest absolute Gasteiger partial charge is 0.493 e. The van der Waals surface area contributed by atoms with Crippen molar-refractivity contribution >= 4 is 6.03 Å². The molecule has 3 aromatic rings. The van der Waals surface area contributed by atoms with Gasteiger partial charge in [0.1, 0.15) is 0 Å². The van der Waals surface area contributed by atoms with Crippen LogP contribution in [0, 0.1) is 0 Å². The van der Waals surface area contributed by atoms with E-state index in [2.05, 4.69) is 26.4 Å². The third kappa shape index (κ3) is 5.01. The smallest absolute Gasteiger partial charge is 0.315 e. The lowest BCUT2D eigenvalue weighted by molar-refractivity contribution is 0.240. The van der Waals surface area contributed by atoms with E-state index in [4.69, 9.17) is 14.6 Å². The monoisotopic (exact) mass is 435 g/mol. The molecule has 0 spiro atoms. The van der Waals surface area contributed by atoms with E-state index in [1.807, 2.05) is 30.3 Å². The molecule has 2 N–H and O–H groups in total. The summed E-state index contributed by atoms with van der Waals surface area (Å²) < 4.78 is 12.7. The Bertz CT molecular complexity index is 1050. The number of hydrogen-bond acceptors (Lipinski definition) is 5. The summed E-state index contributed by atoms with van der Waals surface area (Å²) in [4.78, 5) is 16.5. The van der Waals surface area contributed by atoms with E-state index >= 15 is 0 Å². The van der Waals surface area contributed by atoms with Crippen LogP contribution >= 0.6 is 0 Å². The first-order valence-corrected chi connectivity index (χ1v) is 10.9. The molecule has 0 unspecified atom stereocenters. The summed E-state index contributed by atoms with van der Waals surface area (Å²) in [5.41, 5.74) is 3.92. The number of aromatic nitrogens is 3. The molecule has 0 aliphatic heterocycles. The van der Waals surface area contributed by atoms with Crippen LogP contribution in [0.2, 0.25) is 0 Å². The molecule has 1 aliphatic rings. The molecule has 168 valence electrons. The second kappa shape index (κ2) is 10.2. The summed E-state index contributed by atoms with van der Waals surface area (Å²) in [6.07, 6.45) is 8.32. The fourth-order valence-corrected chi connectivity index (χ4v) is 4.10. The highest BCUT2D eigenvalue weighted by Gasteiger charge is 2.22. The number of amides is 2. The Kier molecular flexibility index (Phi) is 6.89. The van der Waals surface area contributed by atoms with Gasteiger partial charge in [-0.05, 0) is 48.7 Å². The zero-order chi connectivity index (χ0) is 22.3. The number of carbonyl (C=O) groups is 1. The van der Waals surface area contributed by atoms with Gasteiger partial charge in [0.05, 0.1) is 38.2 Å². The van der Waals surface area contributed by atoms with Gasteiger partial charge in [0.25, 0.3) is 0 Å². The van der Waals surface area contributed by atoms with Gasteiger partial charge >= 0.3 is 6.03 Å². The molecule has 1 aromatic carbocycles. The van der Waals surface area contributed by atoms with Crippen LogP contribution in [0.15, 0.2) is 48.8 Å². The molecule has 2 heterocycles. The number of carbonyl (C=O) groups excluding carboxylic acids is 1. The molecule has 0 saturated heterocycles. The molecule has 0 radical (unpaired) electrons. The zero-order valence-corrected chi connectivity index (χ0v) is 18.5. The van der Waals surface area contributed by atoms with Crippen molar-refractivity contribution in [3.63, 3.8) is 0 Å². The number of benzene rings is 1. The SMILES string of the molecule is COc1ccc(CNC(=O)NCc2cc(-c3ccncc3)n(C3CCCC3)n2)cc1OC. The van der Waals surface area contributed by atoms with Gasteiger partial charge in [0, 0.05) is 24.5 Å². The number of ether oxygens (including phenoxy) is 2. The molecule has 2 amide bonds. The molecular formula is C24H29N5O3. The quantitative estimate of drug-likeness (QED) is 0.557. The summed E-state index contributed by atoms with van der Waals surface area (Å²) in [7, 11) is 3.18. The first kappa shape index (κ1) is 21.7. The lowest BCUT2D eigenvalue weighted by atomic mass is 10.1. The number of pyridine rings is 1. The van der Waals surface area contributed by atoms with Crippen molar-refractivity contribution in [3.8, 4) is 22.8 Å². The molecule has 1 aliphatic carbocycles. The predicted octanol–water partition coefficient (Wildman–Crippen LogP) is 4.08. The van der Waals surface area contributed by atoms with Crippen molar-refractivity contribution < 1.29 is 14.3 Å². The highest BCUT2D eigenvalue weighted by molar-refractivity contribution is 5.73. The second-order valence-corrected chi connectivity index (χ2v) is 7.87. The summed E-state index contributed by atoms with van der Waals surface area (Å²) in [6.45, 7) is 0.737. The Morgan fingerprint density at radius 3 is 2.44 bits per heavy atom. The lowest BCUT2D eigenvalue weighted by Gasteiger charge is -2.14. The predicted molar refractivity (Wildman–Crippen MR) is 122 cm³/mol. The summed E-state index contributed by atoms with van der Waals surface area (Å²) in [5.74, 6) is 1.29. The fraction of sp³-hybridized carbons (Fsp3) is 0.375. The molecule has 8 nitrogen and oxygen atoms in total. The van der Waals surface area contributed by atoms with Crippen LogP contribution in [-0.4, -0.2) is 35.0 Å². The maximum atomic E-state index is 12.4. The number of hydrogen-bond donors (Lipinski definition) is 2. The van der Waals surface area contributed by atoms with Crippen LogP contribution in [0.25, 0.3) is 11.3 Å². The third-order valence-corrected chi connectivity index (χ3v) is 5.76. The van der Waals surface area contributed by atoms with E-state index in [0.717, 1.165) is 35.4 Å². The van der Waals surface area contributed by atoms with Gasteiger partial charge in [-0.1, -0.05) is 18.9 Å². The molecule has 1 fully saturated rings. The Balaban J connectivity index is 1.38. The molecule has 0 atom stereocenters. The molecule has 4 rings (SSSR count). The van der Waals surface area contributed by atoms with E-state index in [9.17, 15) is 4.79 Å². The van der Waals surface area contributed by atoms with Crippen LogP contribution in [0.3, 0.4) is 0 Å². The first-order valence-electron chi connectivity index (χ1n) is 10.9. The van der Waals surface area contributed by atoms with Crippen molar-refractivity contribution in [2.75, 3.05) is 14.2 Å². The molecule has 32 heavy (non-hydrogen) atoms. The average molecular weight is 436 g/mol. The summed E-state index contributed by atoms with van der Waals surface area (Å²) in [6, 6.07) is 11.8. The van der Waals surface area contributed by atoms with Crippen LogP contribution in [-0.2, 0) is 13.1 Å². The van der Waals surface area contributed by atoms with E-state index in [1.54, 1.807) is 26.6 Å². The minimum absolute atomic E-state index is 0.249. The number of methoxy groups -OCH3 is 2. The van der Waals surface area contributed by atoms with Gasteiger partial charge in [0.15, 0.2) is 11.5 Å². The van der Waals surface area contributed by atoms with Gasteiger partial charge < -0.3 is 20.1 Å². The molecule has 8 heteroatoms. The Labute approximate surface area is 188 Å². The first-order chi connectivity index (χ1) is 15.7. The lowest BCUT2D eigenvalue weighted by Crippen LogP contribution is -2.34. The topological polar surface area (TPSA) is 90.3 Å². The maximum Gasteiger partial charge on any atom is 0.315 e. The highest BCUT2D eigenvalue weighted by Crippen LogP contribution is 2.33. The van der Waals surface area contributed by atoms with Gasteiger partial charge in [-0.3, -0.25) is 9.67 Å². The van der Waals surface area contributed by atoms with Crippen molar-refractivity contribution in [2.24, 2.45) is 0 Å². The number of urea groups is 1. The van der Waals surface area contributed by atoms with E-state index < -0.39 is 0 Å². The molecular weight excluding hydrogens is 406 g/mol. The zero-order valence-electron chi connectivity index (χ0n) is 18.5. The van der Waals surface area contributed by atoms with Crippen molar-refractivity contribution in [1.82, 2.24) is 25.4 Å². The minimum atomic E-state index is -0.249. The molecule has 0 bridgehead atoms. The van der Waals surface area contributed by atoms with E-state index in [0.29, 0.717) is 30.6 Å². The standard InChI is InChI=1S/C24H29N5O3/c1-31-22-8-7-17(13-23(22)32-2)15-26-24(30)27-16-19-14-21(18-9-11-25-12-10-18)29(28-19)20-5-3-4-6-20/h7-14,20H,3-6,15-16H2,1-2H3,(H2,26,27,30). The normalized spacial score (nSPS) is 13.7. The highest BCUT2D eigenvalue weighted by atomic mass is 16.5. The molecule has 2 aromatic heterocycles. The van der Waals surface area contributed by atoms with E-state index in [-0.39, 0.29) is 6.03 Å². The fourth-order valence-electron chi connectivity index (χ4n) is 4.10. The van der Waals surface area contributed by atoms with Crippen LogP contribution < -0.4 is 20.1 Å². The van der Waals surface area contributed by atoms with Gasteiger partial charge in [-0.15, -0.1) is 0 Å². The molecule has 1 saturated carbocycles. The van der Waals surface area contributed by atoms with Crippen LogP contribution in [0.4, 0.5) is 4.79 Å². The van der Waals surface area contributed by atoms with E-state index in [1.165, 1.54) is 12.8 Å².